The molecule has 2 atom stereocenters. The molecule has 206 valence electrons. The van der Waals surface area contributed by atoms with Gasteiger partial charge in [-0.3, -0.25) is 28.5 Å². The smallest absolute Gasteiger partial charge is 0.437 e. The summed E-state index contributed by atoms with van der Waals surface area (Å²) in [7, 11) is -4.39. The number of nitrogens with one attached hydrogen (secondary N) is 1. The Balaban J connectivity index is 2.03. The number of phosphoric acid groups is 1. The first-order valence-electron chi connectivity index (χ1n) is 11.4. The van der Waals surface area contributed by atoms with E-state index in [2.05, 4.69) is 10.9 Å². The van der Waals surface area contributed by atoms with Crippen LogP contribution in [-0.2, 0) is 41.9 Å². The van der Waals surface area contributed by atoms with E-state index < -0.39 is 67.8 Å². The van der Waals surface area contributed by atoms with Gasteiger partial charge in [0, 0.05) is 6.20 Å². The molecule has 0 saturated carbocycles. The minimum atomic E-state index is -4.39. The van der Waals surface area contributed by atoms with Gasteiger partial charge in [0.05, 0.1) is 23.5 Å². The summed E-state index contributed by atoms with van der Waals surface area (Å²) in [5.74, 6) is 0.964. The van der Waals surface area contributed by atoms with E-state index in [9.17, 15) is 23.7 Å². The lowest BCUT2D eigenvalue weighted by atomic mass is 9.98. The molecule has 1 aromatic heterocycles. The van der Waals surface area contributed by atoms with Crippen molar-refractivity contribution < 1.29 is 41.9 Å². The van der Waals surface area contributed by atoms with Crippen LogP contribution in [-0.4, -0.2) is 47.8 Å². The van der Waals surface area contributed by atoms with Gasteiger partial charge in [-0.25, -0.2) is 18.4 Å². The van der Waals surface area contributed by atoms with Crippen LogP contribution in [0.2, 0.25) is 0 Å². The highest BCUT2D eigenvalue weighted by atomic mass is 31.2. The average molecular weight is 544 g/mol. The predicted molar refractivity (Wildman–Crippen MR) is 129 cm³/mol. The first-order chi connectivity index (χ1) is 17.1. The third kappa shape index (κ3) is 8.94. The van der Waals surface area contributed by atoms with Crippen LogP contribution in [0.3, 0.4) is 0 Å². The largest absolute Gasteiger partial charge is 0.480 e. The van der Waals surface area contributed by atoms with Crippen LogP contribution >= 0.6 is 7.82 Å². The van der Waals surface area contributed by atoms with E-state index >= 15 is 0 Å². The summed E-state index contributed by atoms with van der Waals surface area (Å²) in [4.78, 5) is 49.9. The molecule has 1 aliphatic rings. The molecule has 13 nitrogen and oxygen atoms in total. The first kappa shape index (κ1) is 30.5. The standard InChI is InChI=1S/C23H33N2O11P/c1-8-15-11-25(21(29)24-18(15)26)17-10-9-16(36-17)12-33-37(30,34-13-31-19(27)22(2,3)4)35-14-32-20(28)23(5,6)7/h1,11,16-17H,9-10,12-14H2,2-7H3,(H,24,26,29). The zero-order valence-electron chi connectivity index (χ0n) is 21.7. The predicted octanol–water partition coefficient (Wildman–Crippen LogP) is 2.45. The number of phosphoric ester groups is 1. The summed E-state index contributed by atoms with van der Waals surface area (Å²) in [5, 5.41) is 0. The molecule has 1 saturated heterocycles. The van der Waals surface area contributed by atoms with Gasteiger partial charge in [-0.1, -0.05) is 5.92 Å². The van der Waals surface area contributed by atoms with Crippen molar-refractivity contribution in [2.75, 3.05) is 20.2 Å². The van der Waals surface area contributed by atoms with Gasteiger partial charge in [0.15, 0.2) is 0 Å². The number of hydrogen-bond acceptors (Lipinski definition) is 11. The van der Waals surface area contributed by atoms with Crippen LogP contribution in [0.25, 0.3) is 0 Å². The van der Waals surface area contributed by atoms with Crippen molar-refractivity contribution in [3.63, 3.8) is 0 Å². The van der Waals surface area contributed by atoms with E-state index in [-0.39, 0.29) is 12.2 Å². The van der Waals surface area contributed by atoms with Crippen LogP contribution < -0.4 is 11.2 Å². The number of terminal acetylenes is 1. The molecule has 1 N–H and O–H groups in total. The molecule has 0 aromatic carbocycles. The lowest BCUT2D eigenvalue weighted by Gasteiger charge is -2.22. The van der Waals surface area contributed by atoms with Crippen molar-refractivity contribution in [3.8, 4) is 12.3 Å². The highest BCUT2D eigenvalue weighted by Gasteiger charge is 2.35. The van der Waals surface area contributed by atoms with Gasteiger partial charge in [-0.2, -0.15) is 0 Å². The van der Waals surface area contributed by atoms with Crippen molar-refractivity contribution in [1.29, 1.82) is 0 Å². The highest BCUT2D eigenvalue weighted by molar-refractivity contribution is 7.48. The Kier molecular flexibility index (Phi) is 10.0. The molecule has 2 unspecified atom stereocenters. The third-order valence-electron chi connectivity index (χ3n) is 4.96. The number of aromatic amines is 1. The van der Waals surface area contributed by atoms with E-state index in [1.807, 2.05) is 0 Å². The zero-order chi connectivity index (χ0) is 28.0. The molecule has 0 aliphatic carbocycles. The summed E-state index contributed by atoms with van der Waals surface area (Å²) >= 11 is 0. The topological polar surface area (TPSA) is 161 Å². The summed E-state index contributed by atoms with van der Waals surface area (Å²) in [6.07, 6.45) is 5.86. The number of rotatable bonds is 10. The number of esters is 2. The lowest BCUT2D eigenvalue weighted by Crippen LogP contribution is -2.33. The molecule has 0 spiro atoms. The summed E-state index contributed by atoms with van der Waals surface area (Å²) in [6.45, 7) is 7.99. The number of carbonyl (C=O) groups is 2. The van der Waals surface area contributed by atoms with Gasteiger partial charge in [0.25, 0.3) is 5.56 Å². The summed E-state index contributed by atoms with van der Waals surface area (Å²) in [5.41, 5.74) is -3.08. The molecule has 1 fully saturated rings. The van der Waals surface area contributed by atoms with E-state index in [1.54, 1.807) is 41.5 Å². The molecule has 37 heavy (non-hydrogen) atoms. The van der Waals surface area contributed by atoms with Gasteiger partial charge in [0.1, 0.15) is 11.8 Å². The number of hydrogen-bond donors (Lipinski definition) is 1. The fraction of sp³-hybridized carbons (Fsp3) is 0.652. The first-order valence-corrected chi connectivity index (χ1v) is 12.9. The van der Waals surface area contributed by atoms with Crippen LogP contribution in [0.1, 0.15) is 66.2 Å². The maximum Gasteiger partial charge on any atom is 0.480 e. The van der Waals surface area contributed by atoms with Crippen LogP contribution in [0.4, 0.5) is 0 Å². The Labute approximate surface area is 214 Å². The molecule has 1 aliphatic heterocycles. The Morgan fingerprint density at radius 2 is 1.59 bits per heavy atom. The molecule has 2 rings (SSSR count). The van der Waals surface area contributed by atoms with Crippen molar-refractivity contribution >= 4 is 19.8 Å². The van der Waals surface area contributed by atoms with Crippen molar-refractivity contribution in [2.45, 2.75) is 66.7 Å². The van der Waals surface area contributed by atoms with Gasteiger partial charge in [-0.15, -0.1) is 6.42 Å². The van der Waals surface area contributed by atoms with Crippen molar-refractivity contribution in [2.24, 2.45) is 10.8 Å². The number of H-pyrrole nitrogens is 1. The average Bonchev–Trinajstić information content (AvgIpc) is 3.25. The minimum Gasteiger partial charge on any atom is -0.437 e. The van der Waals surface area contributed by atoms with Crippen LogP contribution in [0, 0.1) is 23.2 Å². The Bertz CT molecular complexity index is 1150. The molecule has 0 radical (unpaired) electrons. The van der Waals surface area contributed by atoms with Crippen molar-refractivity contribution in [3.05, 3.63) is 32.6 Å². The lowest BCUT2D eigenvalue weighted by molar-refractivity contribution is -0.163. The number of aromatic nitrogens is 2. The number of carbonyl (C=O) groups excluding carboxylic acids is 2. The SMILES string of the molecule is C#Cc1cn(C2CCC(COP(=O)(OCOC(=O)C(C)(C)C)OCOC(=O)C(C)(C)C)O2)c(=O)[nH]c1=O. The van der Waals surface area contributed by atoms with Gasteiger partial charge < -0.3 is 14.2 Å². The van der Waals surface area contributed by atoms with Gasteiger partial charge >= 0.3 is 25.5 Å². The molecule has 14 heteroatoms. The second kappa shape index (κ2) is 12.2. The normalized spacial score (nSPS) is 18.3. The number of nitrogens with zero attached hydrogens (tertiary/aromatic N) is 1. The molecule has 2 heterocycles. The van der Waals surface area contributed by atoms with E-state index in [4.69, 9.17) is 34.2 Å². The maximum atomic E-state index is 13.1. The highest BCUT2D eigenvalue weighted by Crippen LogP contribution is 2.50. The molecule has 1 aromatic rings. The second-order valence-electron chi connectivity index (χ2n) is 10.2. The quantitative estimate of drug-likeness (QED) is 0.199. The molecular formula is C23H33N2O11P. The maximum absolute atomic E-state index is 13.1. The second-order valence-corrected chi connectivity index (χ2v) is 11.9. The third-order valence-corrected chi connectivity index (χ3v) is 6.27. The summed E-state index contributed by atoms with van der Waals surface area (Å²) in [6, 6.07) is 0. The van der Waals surface area contributed by atoms with Crippen LogP contribution in [0.15, 0.2) is 15.8 Å². The molecular weight excluding hydrogens is 511 g/mol. The molecule has 0 amide bonds. The zero-order valence-corrected chi connectivity index (χ0v) is 22.6. The minimum absolute atomic E-state index is 0.0381. The van der Waals surface area contributed by atoms with Crippen molar-refractivity contribution in [1.82, 2.24) is 9.55 Å². The fourth-order valence-corrected chi connectivity index (χ4v) is 3.76. The van der Waals surface area contributed by atoms with Gasteiger partial charge in [0.2, 0.25) is 13.6 Å². The molecule has 0 bridgehead atoms. The number of ether oxygens (including phenoxy) is 3. The van der Waals surface area contributed by atoms with Crippen LogP contribution in [0.5, 0.6) is 0 Å². The summed E-state index contributed by atoms with van der Waals surface area (Å²) < 4.78 is 45.5. The Morgan fingerprint density at radius 1 is 1.05 bits per heavy atom. The fourth-order valence-electron chi connectivity index (χ4n) is 2.82. The van der Waals surface area contributed by atoms with E-state index in [1.165, 1.54) is 6.20 Å². The van der Waals surface area contributed by atoms with Gasteiger partial charge in [-0.05, 0) is 54.4 Å². The van der Waals surface area contributed by atoms with E-state index in [0.29, 0.717) is 12.8 Å². The Morgan fingerprint density at radius 3 is 2.08 bits per heavy atom. The Hall–Kier alpha value is -2.75. The monoisotopic (exact) mass is 544 g/mol. The van der Waals surface area contributed by atoms with E-state index in [0.717, 1.165) is 4.57 Å².